The molecule has 0 saturated carbocycles. The molecule has 0 aliphatic heterocycles. The molecular weight excluding hydrogens is 331 g/mol. The monoisotopic (exact) mass is 346 g/mol. The van der Waals surface area contributed by atoms with Crippen molar-refractivity contribution in [3.63, 3.8) is 0 Å². The molecule has 0 radical (unpaired) electrons. The highest BCUT2D eigenvalue weighted by Crippen LogP contribution is 2.24. The summed E-state index contributed by atoms with van der Waals surface area (Å²) in [5.41, 5.74) is 2.04. The number of carbonyl (C=O) groups is 2. The van der Waals surface area contributed by atoms with Gasteiger partial charge in [0.2, 0.25) is 11.8 Å². The Morgan fingerprint density at radius 2 is 1.71 bits per heavy atom. The fourth-order valence-corrected chi connectivity index (χ4v) is 2.33. The zero-order valence-electron chi connectivity index (χ0n) is 13.2. The van der Waals surface area contributed by atoms with E-state index in [1.54, 1.807) is 31.2 Å². The van der Waals surface area contributed by atoms with Crippen molar-refractivity contribution in [2.75, 3.05) is 10.6 Å². The predicted octanol–water partition coefficient (Wildman–Crippen LogP) is 4.40. The molecule has 2 amide bonds. The van der Waals surface area contributed by atoms with Crippen LogP contribution in [0, 0.1) is 12.7 Å². The fourth-order valence-electron chi connectivity index (χ4n) is 2.10. The minimum absolute atomic E-state index is 0.151. The maximum absolute atomic E-state index is 13.7. The fraction of sp³-hybridized carbons (Fsp3) is 0.111. The van der Waals surface area contributed by atoms with Crippen LogP contribution in [0.15, 0.2) is 42.5 Å². The normalized spacial score (nSPS) is 10.7. The average molecular weight is 347 g/mol. The number of benzene rings is 2. The summed E-state index contributed by atoms with van der Waals surface area (Å²) >= 11 is 5.90. The zero-order valence-corrected chi connectivity index (χ0v) is 13.9. The Kier molecular flexibility index (Phi) is 5.71. The van der Waals surface area contributed by atoms with Crippen LogP contribution in [0.4, 0.5) is 15.8 Å². The smallest absolute Gasteiger partial charge is 0.248 e. The van der Waals surface area contributed by atoms with Gasteiger partial charge in [0, 0.05) is 29.9 Å². The Morgan fingerprint density at radius 3 is 2.33 bits per heavy atom. The summed E-state index contributed by atoms with van der Waals surface area (Å²) in [6.07, 6.45) is 2.52. The van der Waals surface area contributed by atoms with Gasteiger partial charge in [-0.2, -0.15) is 0 Å². The molecule has 24 heavy (non-hydrogen) atoms. The SMILES string of the molecule is CC(=O)Nc1cccc(NC(=O)/C=C/c2c(F)cccc2Cl)c1C. The Bertz CT molecular complexity index is 798. The second-order valence-electron chi connectivity index (χ2n) is 5.12. The van der Waals surface area contributed by atoms with Gasteiger partial charge < -0.3 is 10.6 Å². The van der Waals surface area contributed by atoms with Crippen LogP contribution in [0.25, 0.3) is 6.08 Å². The summed E-state index contributed by atoms with van der Waals surface area (Å²) in [5, 5.41) is 5.60. The lowest BCUT2D eigenvalue weighted by atomic mass is 10.1. The van der Waals surface area contributed by atoms with E-state index in [0.29, 0.717) is 11.4 Å². The molecule has 0 atom stereocenters. The highest BCUT2D eigenvalue weighted by atomic mass is 35.5. The van der Waals surface area contributed by atoms with Crippen molar-refractivity contribution in [1.82, 2.24) is 0 Å². The first-order valence-electron chi connectivity index (χ1n) is 7.18. The van der Waals surface area contributed by atoms with Crippen LogP contribution in [0.1, 0.15) is 18.1 Å². The molecule has 0 unspecified atom stereocenters. The van der Waals surface area contributed by atoms with Crippen molar-refractivity contribution >= 4 is 40.9 Å². The summed E-state index contributed by atoms with van der Waals surface area (Å²) in [5.74, 6) is -1.14. The second kappa shape index (κ2) is 7.75. The lowest BCUT2D eigenvalue weighted by Crippen LogP contribution is -2.12. The molecule has 124 valence electrons. The van der Waals surface area contributed by atoms with Gasteiger partial charge in [0.1, 0.15) is 5.82 Å². The molecule has 0 aliphatic carbocycles. The van der Waals surface area contributed by atoms with Crippen molar-refractivity contribution in [3.8, 4) is 0 Å². The summed E-state index contributed by atoms with van der Waals surface area (Å²) in [6, 6.07) is 9.47. The van der Waals surface area contributed by atoms with Gasteiger partial charge in [-0.05, 0) is 42.8 Å². The van der Waals surface area contributed by atoms with E-state index in [9.17, 15) is 14.0 Å². The first kappa shape index (κ1) is 17.7. The van der Waals surface area contributed by atoms with E-state index >= 15 is 0 Å². The number of amides is 2. The molecule has 0 spiro atoms. The van der Waals surface area contributed by atoms with Crippen molar-refractivity contribution < 1.29 is 14.0 Å². The maximum Gasteiger partial charge on any atom is 0.248 e. The number of hydrogen-bond donors (Lipinski definition) is 2. The highest BCUT2D eigenvalue weighted by molar-refractivity contribution is 6.32. The third kappa shape index (κ3) is 4.43. The molecule has 2 aromatic rings. The summed E-state index contributed by atoms with van der Waals surface area (Å²) in [7, 11) is 0. The molecule has 6 heteroatoms. The third-order valence-corrected chi connectivity index (χ3v) is 3.63. The molecule has 0 fully saturated rings. The predicted molar refractivity (Wildman–Crippen MR) is 94.6 cm³/mol. The van der Waals surface area contributed by atoms with E-state index < -0.39 is 11.7 Å². The quantitative estimate of drug-likeness (QED) is 0.806. The lowest BCUT2D eigenvalue weighted by Gasteiger charge is -2.11. The van der Waals surface area contributed by atoms with Gasteiger partial charge in [-0.3, -0.25) is 9.59 Å². The summed E-state index contributed by atoms with van der Waals surface area (Å²) in [6.45, 7) is 3.18. The molecule has 0 bridgehead atoms. The van der Waals surface area contributed by atoms with Crippen molar-refractivity contribution in [2.24, 2.45) is 0 Å². The summed E-state index contributed by atoms with van der Waals surface area (Å²) < 4.78 is 13.7. The van der Waals surface area contributed by atoms with E-state index in [1.165, 1.54) is 31.2 Å². The minimum Gasteiger partial charge on any atom is -0.326 e. The molecule has 0 aliphatic rings. The Labute approximate surface area is 144 Å². The Balaban J connectivity index is 2.16. The summed E-state index contributed by atoms with van der Waals surface area (Å²) in [4.78, 5) is 23.2. The standard InChI is InChI=1S/C18H16ClFN2O2/c1-11-16(21-12(2)23)7-4-8-17(11)22-18(24)10-9-13-14(19)5-3-6-15(13)20/h3-10H,1-2H3,(H,21,23)(H,22,24)/b10-9+. The molecule has 4 nitrogen and oxygen atoms in total. The van der Waals surface area contributed by atoms with Gasteiger partial charge in [-0.15, -0.1) is 0 Å². The number of hydrogen-bond acceptors (Lipinski definition) is 2. The number of anilines is 2. The molecule has 2 N–H and O–H groups in total. The second-order valence-corrected chi connectivity index (χ2v) is 5.52. The van der Waals surface area contributed by atoms with E-state index in [-0.39, 0.29) is 16.5 Å². The Hall–Kier alpha value is -2.66. The van der Waals surface area contributed by atoms with E-state index in [1.807, 2.05) is 0 Å². The third-order valence-electron chi connectivity index (χ3n) is 3.30. The van der Waals surface area contributed by atoms with Crippen molar-refractivity contribution in [2.45, 2.75) is 13.8 Å². The van der Waals surface area contributed by atoms with Crippen LogP contribution >= 0.6 is 11.6 Å². The average Bonchev–Trinajstić information content (AvgIpc) is 2.50. The highest BCUT2D eigenvalue weighted by Gasteiger charge is 2.08. The maximum atomic E-state index is 13.7. The van der Waals surface area contributed by atoms with Crippen molar-refractivity contribution in [3.05, 3.63) is 64.4 Å². The largest absolute Gasteiger partial charge is 0.326 e. The minimum atomic E-state index is -0.504. The topological polar surface area (TPSA) is 58.2 Å². The van der Waals surface area contributed by atoms with E-state index in [2.05, 4.69) is 10.6 Å². The van der Waals surface area contributed by atoms with Crippen molar-refractivity contribution in [1.29, 1.82) is 0 Å². The first-order chi connectivity index (χ1) is 11.4. The van der Waals surface area contributed by atoms with Gasteiger partial charge >= 0.3 is 0 Å². The molecule has 2 rings (SSSR count). The first-order valence-corrected chi connectivity index (χ1v) is 7.56. The van der Waals surface area contributed by atoms with Crippen LogP contribution in [0.5, 0.6) is 0 Å². The van der Waals surface area contributed by atoms with Crippen LogP contribution in [-0.2, 0) is 9.59 Å². The van der Waals surface area contributed by atoms with Gasteiger partial charge in [0.15, 0.2) is 0 Å². The van der Waals surface area contributed by atoms with Gasteiger partial charge in [-0.1, -0.05) is 23.7 Å². The van der Waals surface area contributed by atoms with Gasteiger partial charge in [0.05, 0.1) is 5.02 Å². The van der Waals surface area contributed by atoms with E-state index in [4.69, 9.17) is 11.6 Å². The molecule has 2 aromatic carbocycles. The Morgan fingerprint density at radius 1 is 1.08 bits per heavy atom. The number of nitrogens with one attached hydrogen (secondary N) is 2. The number of halogens is 2. The van der Waals surface area contributed by atoms with Gasteiger partial charge in [0.25, 0.3) is 0 Å². The van der Waals surface area contributed by atoms with E-state index in [0.717, 1.165) is 5.56 Å². The number of rotatable bonds is 4. The van der Waals surface area contributed by atoms with Crippen LogP contribution in [0.2, 0.25) is 5.02 Å². The van der Waals surface area contributed by atoms with Crippen LogP contribution in [-0.4, -0.2) is 11.8 Å². The molecular formula is C18H16ClFN2O2. The molecule has 0 saturated heterocycles. The van der Waals surface area contributed by atoms with Crippen LogP contribution < -0.4 is 10.6 Å². The molecule has 0 aromatic heterocycles. The van der Waals surface area contributed by atoms with Crippen LogP contribution in [0.3, 0.4) is 0 Å². The molecule has 0 heterocycles. The number of carbonyl (C=O) groups excluding carboxylic acids is 2. The van der Waals surface area contributed by atoms with Gasteiger partial charge in [-0.25, -0.2) is 4.39 Å². The lowest BCUT2D eigenvalue weighted by molar-refractivity contribution is -0.114. The zero-order chi connectivity index (χ0) is 17.7.